The molecule has 0 bridgehead atoms. The van der Waals surface area contributed by atoms with Crippen LogP contribution in [0.15, 0.2) is 53.4 Å². The van der Waals surface area contributed by atoms with Gasteiger partial charge in [-0.25, -0.2) is 9.69 Å². The van der Waals surface area contributed by atoms with Gasteiger partial charge in [-0.2, -0.15) is 0 Å². The molecule has 3 rings (SSSR count). The largest absolute Gasteiger partial charge is 0.508 e. The third-order valence-electron chi connectivity index (χ3n) is 3.36. The van der Waals surface area contributed by atoms with E-state index in [9.17, 15) is 19.5 Å². The molecule has 120 valence electrons. The lowest BCUT2D eigenvalue weighted by molar-refractivity contribution is -0.113. The molecular formula is C17H11NO5S. The van der Waals surface area contributed by atoms with Crippen molar-refractivity contribution in [1.29, 1.82) is 0 Å². The number of amides is 2. The number of nitrogens with zero attached hydrogens (tertiary/aromatic N) is 1. The van der Waals surface area contributed by atoms with Crippen LogP contribution in [0, 0.1) is 0 Å². The summed E-state index contributed by atoms with van der Waals surface area (Å²) in [6, 6.07) is 11.7. The van der Waals surface area contributed by atoms with E-state index >= 15 is 0 Å². The lowest BCUT2D eigenvalue weighted by Gasteiger charge is -2.12. The number of aromatic hydroxyl groups is 1. The summed E-state index contributed by atoms with van der Waals surface area (Å²) in [7, 11) is 0. The molecule has 7 heteroatoms. The van der Waals surface area contributed by atoms with Crippen LogP contribution >= 0.6 is 11.8 Å². The monoisotopic (exact) mass is 341 g/mol. The summed E-state index contributed by atoms with van der Waals surface area (Å²) in [5.74, 6) is -1.45. The first-order valence-electron chi connectivity index (χ1n) is 6.86. The van der Waals surface area contributed by atoms with Gasteiger partial charge in [-0.15, -0.1) is 0 Å². The van der Waals surface area contributed by atoms with E-state index in [-0.39, 0.29) is 16.2 Å². The van der Waals surface area contributed by atoms with Gasteiger partial charge in [0.1, 0.15) is 5.75 Å². The van der Waals surface area contributed by atoms with Gasteiger partial charge in [0.25, 0.3) is 11.1 Å². The van der Waals surface area contributed by atoms with E-state index in [2.05, 4.69) is 0 Å². The maximum atomic E-state index is 12.4. The molecule has 0 aliphatic carbocycles. The fourth-order valence-electron chi connectivity index (χ4n) is 2.17. The zero-order valence-electron chi connectivity index (χ0n) is 12.2. The van der Waals surface area contributed by atoms with Crippen LogP contribution in [0.3, 0.4) is 0 Å². The fraction of sp³-hybridized carbons (Fsp3) is 0. The number of hydrogen-bond acceptors (Lipinski definition) is 5. The van der Waals surface area contributed by atoms with Gasteiger partial charge in [-0.05, 0) is 59.8 Å². The highest BCUT2D eigenvalue weighted by Crippen LogP contribution is 2.36. The Labute approximate surface area is 141 Å². The predicted octanol–water partition coefficient (Wildman–Crippen LogP) is 3.33. The minimum absolute atomic E-state index is 0.0415. The Balaban J connectivity index is 1.87. The van der Waals surface area contributed by atoms with Crippen molar-refractivity contribution >= 4 is 40.6 Å². The maximum Gasteiger partial charge on any atom is 0.335 e. The van der Waals surface area contributed by atoms with Crippen molar-refractivity contribution in [2.45, 2.75) is 0 Å². The van der Waals surface area contributed by atoms with Crippen LogP contribution in [0.2, 0.25) is 0 Å². The molecule has 2 aromatic rings. The molecule has 0 spiro atoms. The first-order chi connectivity index (χ1) is 11.5. The van der Waals surface area contributed by atoms with Gasteiger partial charge in [0.15, 0.2) is 0 Å². The summed E-state index contributed by atoms with van der Waals surface area (Å²) < 4.78 is 0. The van der Waals surface area contributed by atoms with Crippen LogP contribution < -0.4 is 4.90 Å². The van der Waals surface area contributed by atoms with Crippen molar-refractivity contribution in [3.8, 4) is 5.75 Å². The zero-order chi connectivity index (χ0) is 17.3. The number of carboxylic acid groups (broad SMARTS) is 1. The van der Waals surface area contributed by atoms with Gasteiger partial charge in [0, 0.05) is 0 Å². The van der Waals surface area contributed by atoms with E-state index in [1.54, 1.807) is 12.1 Å². The summed E-state index contributed by atoms with van der Waals surface area (Å²) in [4.78, 5) is 36.6. The average Bonchev–Trinajstić information content (AvgIpc) is 2.83. The molecule has 1 heterocycles. The summed E-state index contributed by atoms with van der Waals surface area (Å²) in [5.41, 5.74) is 1.14. The second-order valence-electron chi connectivity index (χ2n) is 4.96. The van der Waals surface area contributed by atoms with Crippen LogP contribution in [0.25, 0.3) is 6.08 Å². The minimum atomic E-state index is -1.03. The SMILES string of the molecule is O=C(O)c1ccc(/C=C2\SC(=O)N(c3ccc(O)cc3)C2=O)cc1. The molecule has 1 saturated heterocycles. The Morgan fingerprint density at radius 2 is 1.62 bits per heavy atom. The number of aromatic carboxylic acids is 1. The second kappa shape index (κ2) is 6.21. The molecule has 0 atom stereocenters. The number of carbonyl (C=O) groups is 3. The Morgan fingerprint density at radius 3 is 2.21 bits per heavy atom. The molecule has 1 aliphatic heterocycles. The lowest BCUT2D eigenvalue weighted by Crippen LogP contribution is -2.27. The number of phenolic OH excluding ortho intramolecular Hbond substituents is 1. The van der Waals surface area contributed by atoms with E-state index in [0.717, 1.165) is 16.7 Å². The van der Waals surface area contributed by atoms with Crippen LogP contribution in [-0.4, -0.2) is 27.3 Å². The third kappa shape index (κ3) is 3.02. The van der Waals surface area contributed by atoms with Crippen molar-refractivity contribution in [3.05, 3.63) is 64.6 Å². The number of hydrogen-bond donors (Lipinski definition) is 2. The van der Waals surface area contributed by atoms with Gasteiger partial charge in [-0.1, -0.05) is 12.1 Å². The Morgan fingerprint density at radius 1 is 1.00 bits per heavy atom. The van der Waals surface area contributed by atoms with Gasteiger partial charge >= 0.3 is 5.97 Å². The van der Waals surface area contributed by atoms with E-state index in [4.69, 9.17) is 5.11 Å². The molecule has 2 N–H and O–H groups in total. The Bertz CT molecular complexity index is 856. The summed E-state index contributed by atoms with van der Waals surface area (Å²) in [5, 5.41) is 17.7. The molecule has 24 heavy (non-hydrogen) atoms. The topological polar surface area (TPSA) is 94.9 Å². The molecular weight excluding hydrogens is 330 g/mol. The van der Waals surface area contributed by atoms with E-state index < -0.39 is 17.1 Å². The van der Waals surface area contributed by atoms with Gasteiger partial charge in [-0.3, -0.25) is 9.59 Å². The van der Waals surface area contributed by atoms with Crippen molar-refractivity contribution in [2.24, 2.45) is 0 Å². The lowest BCUT2D eigenvalue weighted by atomic mass is 10.1. The van der Waals surface area contributed by atoms with Crippen LogP contribution in [-0.2, 0) is 4.79 Å². The van der Waals surface area contributed by atoms with Crippen molar-refractivity contribution in [1.82, 2.24) is 0 Å². The number of carbonyl (C=O) groups excluding carboxylic acids is 2. The van der Waals surface area contributed by atoms with E-state index in [1.807, 2.05) is 0 Å². The molecule has 6 nitrogen and oxygen atoms in total. The molecule has 2 amide bonds. The van der Waals surface area contributed by atoms with Crippen molar-refractivity contribution in [3.63, 3.8) is 0 Å². The maximum absolute atomic E-state index is 12.4. The number of imide groups is 1. The van der Waals surface area contributed by atoms with Crippen LogP contribution in [0.5, 0.6) is 5.75 Å². The highest BCUT2D eigenvalue weighted by molar-refractivity contribution is 8.19. The summed E-state index contributed by atoms with van der Waals surface area (Å²) in [6.45, 7) is 0. The standard InChI is InChI=1S/C17H11NO5S/c19-13-7-5-12(6-8-13)18-15(20)14(24-17(18)23)9-10-1-3-11(4-2-10)16(21)22/h1-9,19H,(H,21,22)/b14-9-. The molecule has 1 fully saturated rings. The second-order valence-corrected chi connectivity index (χ2v) is 5.95. The third-order valence-corrected chi connectivity index (χ3v) is 4.23. The summed E-state index contributed by atoms with van der Waals surface area (Å²) in [6.07, 6.45) is 1.54. The van der Waals surface area contributed by atoms with Crippen LogP contribution in [0.4, 0.5) is 10.5 Å². The quantitative estimate of drug-likeness (QED) is 0.832. The number of carboxylic acids is 1. The molecule has 1 aliphatic rings. The predicted molar refractivity (Wildman–Crippen MR) is 90.0 cm³/mol. The first-order valence-corrected chi connectivity index (χ1v) is 7.68. The smallest absolute Gasteiger partial charge is 0.335 e. The van der Waals surface area contributed by atoms with E-state index in [0.29, 0.717) is 11.3 Å². The molecule has 0 aromatic heterocycles. The molecule has 0 unspecified atom stereocenters. The molecule has 0 saturated carbocycles. The highest BCUT2D eigenvalue weighted by Gasteiger charge is 2.36. The number of thioether (sulfide) groups is 1. The number of phenols is 1. The van der Waals surface area contributed by atoms with Gasteiger partial charge in [0.05, 0.1) is 16.2 Å². The van der Waals surface area contributed by atoms with Crippen molar-refractivity contribution in [2.75, 3.05) is 4.90 Å². The number of anilines is 1. The van der Waals surface area contributed by atoms with Gasteiger partial charge in [0.2, 0.25) is 0 Å². The van der Waals surface area contributed by atoms with Crippen LogP contribution in [0.1, 0.15) is 15.9 Å². The normalized spacial score (nSPS) is 16.0. The average molecular weight is 341 g/mol. The Kier molecular flexibility index (Phi) is 4.09. The fourth-order valence-corrected chi connectivity index (χ4v) is 3.01. The van der Waals surface area contributed by atoms with E-state index in [1.165, 1.54) is 42.5 Å². The summed E-state index contributed by atoms with van der Waals surface area (Å²) >= 11 is 0.806. The van der Waals surface area contributed by atoms with Crippen molar-refractivity contribution < 1.29 is 24.6 Å². The van der Waals surface area contributed by atoms with Gasteiger partial charge < -0.3 is 10.2 Å². The number of benzene rings is 2. The highest BCUT2D eigenvalue weighted by atomic mass is 32.2. The molecule has 0 radical (unpaired) electrons. The number of rotatable bonds is 3. The zero-order valence-corrected chi connectivity index (χ0v) is 13.0. The Hall–Kier alpha value is -3.06. The first kappa shape index (κ1) is 15.8. The minimum Gasteiger partial charge on any atom is -0.508 e. The molecule has 2 aromatic carbocycles.